The van der Waals surface area contributed by atoms with Crippen molar-refractivity contribution in [2.24, 2.45) is 0 Å². The highest BCUT2D eigenvalue weighted by atomic mass is 35.5. The molecule has 2 nitrogen and oxygen atoms in total. The number of aromatic nitrogens is 1. The van der Waals surface area contributed by atoms with E-state index in [1.165, 1.54) is 17.3 Å². The van der Waals surface area contributed by atoms with Crippen LogP contribution in [0.2, 0.25) is 0 Å². The van der Waals surface area contributed by atoms with Gasteiger partial charge in [-0.1, -0.05) is 12.1 Å². The van der Waals surface area contributed by atoms with Crippen LogP contribution in [0, 0.1) is 5.82 Å². The van der Waals surface area contributed by atoms with Crippen molar-refractivity contribution in [2.45, 2.75) is 13.0 Å². The fraction of sp³-hybridized carbons (Fsp3) is 0.333. The molecule has 1 N–H and O–H groups in total. The molecule has 0 bridgehead atoms. The highest BCUT2D eigenvalue weighted by molar-refractivity contribution is 5.85. The molecule has 2 heterocycles. The summed E-state index contributed by atoms with van der Waals surface area (Å²) in [5.41, 5.74) is 3.13. The van der Waals surface area contributed by atoms with Gasteiger partial charge in [0.25, 0.3) is 0 Å². The number of aromatic amines is 1. The van der Waals surface area contributed by atoms with Crippen LogP contribution < -0.4 is 0 Å². The summed E-state index contributed by atoms with van der Waals surface area (Å²) in [4.78, 5) is 5.47. The van der Waals surface area contributed by atoms with Gasteiger partial charge < -0.3 is 9.88 Å². The molecule has 0 saturated heterocycles. The molecule has 0 amide bonds. The topological polar surface area (TPSA) is 19.0 Å². The molecule has 1 aliphatic heterocycles. The number of likely N-dealkylation sites (N-methyl/N-ethyl adjacent to an activating group) is 1. The van der Waals surface area contributed by atoms with Gasteiger partial charge in [-0.3, -0.25) is 0 Å². The number of fused-ring (bicyclic) bond motifs is 3. The van der Waals surface area contributed by atoms with Crippen molar-refractivity contribution in [3.63, 3.8) is 0 Å². The number of H-pyrrole nitrogens is 1. The van der Waals surface area contributed by atoms with Crippen molar-refractivity contribution in [3.8, 4) is 0 Å². The molecule has 1 aliphatic rings. The lowest BCUT2D eigenvalue weighted by atomic mass is 10.1. The highest BCUT2D eigenvalue weighted by Crippen LogP contribution is 2.28. The van der Waals surface area contributed by atoms with Gasteiger partial charge in [0.1, 0.15) is 5.82 Å². The van der Waals surface area contributed by atoms with Gasteiger partial charge in [-0.15, -0.1) is 12.4 Å². The Bertz CT molecular complexity index is 521. The monoisotopic (exact) mass is 240 g/mol. The number of nitrogens with zero attached hydrogens (tertiary/aromatic N) is 1. The van der Waals surface area contributed by atoms with Gasteiger partial charge in [0.15, 0.2) is 0 Å². The van der Waals surface area contributed by atoms with Gasteiger partial charge in [-0.25, -0.2) is 4.39 Å². The van der Waals surface area contributed by atoms with E-state index in [0.717, 1.165) is 24.9 Å². The zero-order valence-corrected chi connectivity index (χ0v) is 9.90. The Morgan fingerprint density at radius 1 is 1.38 bits per heavy atom. The molecular weight excluding hydrogens is 227 g/mol. The van der Waals surface area contributed by atoms with Crippen LogP contribution in [0.5, 0.6) is 0 Å². The first kappa shape index (κ1) is 11.4. The van der Waals surface area contributed by atoms with E-state index in [0.29, 0.717) is 5.52 Å². The Hall–Kier alpha value is -1.06. The van der Waals surface area contributed by atoms with Crippen LogP contribution in [-0.4, -0.2) is 23.5 Å². The Kier molecular flexibility index (Phi) is 2.91. The second-order valence-corrected chi connectivity index (χ2v) is 4.23. The molecule has 0 radical (unpaired) electrons. The van der Waals surface area contributed by atoms with Gasteiger partial charge >= 0.3 is 0 Å². The second kappa shape index (κ2) is 4.07. The van der Waals surface area contributed by atoms with E-state index < -0.39 is 0 Å². The normalized spacial score (nSPS) is 15.9. The van der Waals surface area contributed by atoms with Crippen molar-refractivity contribution in [1.29, 1.82) is 0 Å². The van der Waals surface area contributed by atoms with Crippen LogP contribution in [0.25, 0.3) is 10.9 Å². The number of nitrogens with one attached hydrogen (secondary N) is 1. The molecule has 0 saturated carbocycles. The minimum absolute atomic E-state index is 0. The lowest BCUT2D eigenvalue weighted by molar-refractivity contribution is 0.313. The molecule has 86 valence electrons. The third-order valence-corrected chi connectivity index (χ3v) is 3.15. The van der Waals surface area contributed by atoms with Gasteiger partial charge in [-0.2, -0.15) is 0 Å². The zero-order chi connectivity index (χ0) is 10.4. The summed E-state index contributed by atoms with van der Waals surface area (Å²) in [5, 5.41) is 1.04. The van der Waals surface area contributed by atoms with Crippen LogP contribution in [0.3, 0.4) is 0 Å². The molecule has 1 aromatic carbocycles. The minimum atomic E-state index is -0.149. The van der Waals surface area contributed by atoms with E-state index in [9.17, 15) is 4.39 Å². The number of para-hydroxylation sites is 1. The fourth-order valence-corrected chi connectivity index (χ4v) is 2.34. The maximum atomic E-state index is 13.5. The average Bonchev–Trinajstić information content (AvgIpc) is 2.58. The average molecular weight is 241 g/mol. The second-order valence-electron chi connectivity index (χ2n) is 4.23. The van der Waals surface area contributed by atoms with Gasteiger partial charge in [0.2, 0.25) is 0 Å². The van der Waals surface area contributed by atoms with E-state index in [1.54, 1.807) is 6.07 Å². The molecule has 2 aromatic rings. The Morgan fingerprint density at radius 2 is 2.19 bits per heavy atom. The van der Waals surface area contributed by atoms with E-state index >= 15 is 0 Å². The van der Waals surface area contributed by atoms with Gasteiger partial charge in [0, 0.05) is 30.6 Å². The van der Waals surface area contributed by atoms with E-state index in [2.05, 4.69) is 16.9 Å². The Labute approximate surface area is 99.9 Å². The molecule has 0 atom stereocenters. The quantitative estimate of drug-likeness (QED) is 0.750. The lowest BCUT2D eigenvalue weighted by Crippen LogP contribution is -2.25. The summed E-state index contributed by atoms with van der Waals surface area (Å²) in [5.74, 6) is -0.149. The number of benzene rings is 1. The first-order valence-electron chi connectivity index (χ1n) is 5.22. The van der Waals surface area contributed by atoms with Crippen molar-refractivity contribution in [1.82, 2.24) is 9.88 Å². The van der Waals surface area contributed by atoms with Crippen molar-refractivity contribution in [3.05, 3.63) is 35.3 Å². The maximum Gasteiger partial charge on any atom is 0.147 e. The summed E-state index contributed by atoms with van der Waals surface area (Å²) < 4.78 is 13.5. The van der Waals surface area contributed by atoms with Gasteiger partial charge in [0.05, 0.1) is 5.52 Å². The smallest absolute Gasteiger partial charge is 0.147 e. The SMILES string of the molecule is CN1CCc2[nH]c3c(F)cccc3c2C1.Cl. The first-order valence-corrected chi connectivity index (χ1v) is 5.22. The van der Waals surface area contributed by atoms with Crippen LogP contribution >= 0.6 is 12.4 Å². The minimum Gasteiger partial charge on any atom is -0.356 e. The zero-order valence-electron chi connectivity index (χ0n) is 9.09. The molecular formula is C12H14ClFN2. The molecule has 0 fully saturated rings. The van der Waals surface area contributed by atoms with E-state index in [-0.39, 0.29) is 18.2 Å². The van der Waals surface area contributed by atoms with Gasteiger partial charge in [-0.05, 0) is 18.7 Å². The van der Waals surface area contributed by atoms with Crippen LogP contribution in [0.1, 0.15) is 11.3 Å². The summed E-state index contributed by atoms with van der Waals surface area (Å²) in [6.07, 6.45) is 0.986. The summed E-state index contributed by atoms with van der Waals surface area (Å²) >= 11 is 0. The largest absolute Gasteiger partial charge is 0.356 e. The summed E-state index contributed by atoms with van der Waals surface area (Å²) in [7, 11) is 2.10. The van der Waals surface area contributed by atoms with Crippen LogP contribution in [-0.2, 0) is 13.0 Å². The number of hydrogen-bond acceptors (Lipinski definition) is 1. The molecule has 1 aromatic heterocycles. The van der Waals surface area contributed by atoms with Crippen LogP contribution in [0.4, 0.5) is 4.39 Å². The standard InChI is InChI=1S/C12H13FN2.ClH/c1-15-6-5-11-9(7-15)8-3-2-4-10(13)12(8)14-11;/h2-4,14H,5-7H2,1H3;1H. The molecule has 16 heavy (non-hydrogen) atoms. The highest BCUT2D eigenvalue weighted by Gasteiger charge is 2.19. The molecule has 0 spiro atoms. The predicted molar refractivity (Wildman–Crippen MR) is 65.5 cm³/mol. The number of rotatable bonds is 0. The predicted octanol–water partition coefficient (Wildman–Crippen LogP) is 2.72. The Morgan fingerprint density at radius 3 is 3.00 bits per heavy atom. The van der Waals surface area contributed by atoms with E-state index in [4.69, 9.17) is 0 Å². The lowest BCUT2D eigenvalue weighted by Gasteiger charge is -2.22. The first-order chi connectivity index (χ1) is 7.25. The van der Waals surface area contributed by atoms with Crippen molar-refractivity contribution >= 4 is 23.3 Å². The van der Waals surface area contributed by atoms with Crippen molar-refractivity contribution < 1.29 is 4.39 Å². The molecule has 3 rings (SSSR count). The fourth-order valence-electron chi connectivity index (χ4n) is 2.34. The maximum absolute atomic E-state index is 13.5. The van der Waals surface area contributed by atoms with E-state index in [1.807, 2.05) is 6.07 Å². The molecule has 0 aliphatic carbocycles. The van der Waals surface area contributed by atoms with Crippen LogP contribution in [0.15, 0.2) is 18.2 Å². The third-order valence-electron chi connectivity index (χ3n) is 3.15. The number of halogens is 2. The third kappa shape index (κ3) is 1.60. The van der Waals surface area contributed by atoms with Crippen molar-refractivity contribution in [2.75, 3.05) is 13.6 Å². The molecule has 0 unspecified atom stereocenters. The summed E-state index contributed by atoms with van der Waals surface area (Å²) in [6.45, 7) is 1.96. The summed E-state index contributed by atoms with van der Waals surface area (Å²) in [6, 6.07) is 5.28. The number of hydrogen-bond donors (Lipinski definition) is 1. The molecule has 4 heteroatoms. The Balaban J connectivity index is 0.000000963.